The first kappa shape index (κ1) is 15.3. The van der Waals surface area contributed by atoms with Crippen molar-refractivity contribution in [3.05, 3.63) is 49.1 Å². The van der Waals surface area contributed by atoms with Crippen molar-refractivity contribution < 1.29 is 14.3 Å². The molecule has 0 bridgehead atoms. The van der Waals surface area contributed by atoms with Crippen LogP contribution in [0.5, 0.6) is 11.5 Å². The Labute approximate surface area is 135 Å². The second-order valence-electron chi connectivity index (χ2n) is 5.36. The molecule has 0 spiro atoms. The van der Waals surface area contributed by atoms with E-state index in [-0.39, 0.29) is 18.6 Å². The zero-order chi connectivity index (χ0) is 15.9. The Morgan fingerprint density at radius 2 is 1.74 bits per heavy atom. The van der Waals surface area contributed by atoms with E-state index >= 15 is 0 Å². The molecule has 3 rings (SSSR count). The minimum atomic E-state index is -0.00585. The maximum absolute atomic E-state index is 12.2. The van der Waals surface area contributed by atoms with Crippen molar-refractivity contribution in [2.75, 3.05) is 19.7 Å². The van der Waals surface area contributed by atoms with Gasteiger partial charge in [-0.2, -0.15) is 0 Å². The summed E-state index contributed by atoms with van der Waals surface area (Å²) in [6, 6.07) is 7.31. The minimum absolute atomic E-state index is 0.00585. The maximum Gasteiger partial charge on any atom is 0.260 e. The van der Waals surface area contributed by atoms with Crippen molar-refractivity contribution in [1.29, 1.82) is 0 Å². The number of amides is 1. The Morgan fingerprint density at radius 3 is 2.35 bits per heavy atom. The molecule has 2 aromatic rings. The molecule has 23 heavy (non-hydrogen) atoms. The number of hydrogen-bond acceptors (Lipinski definition) is 5. The molecule has 0 radical (unpaired) electrons. The van der Waals surface area contributed by atoms with E-state index in [1.807, 2.05) is 17.0 Å². The zero-order valence-corrected chi connectivity index (χ0v) is 12.8. The predicted octanol–water partition coefficient (Wildman–Crippen LogP) is 1.93. The third kappa shape index (κ3) is 4.42. The molecule has 6 heteroatoms. The molecule has 0 aliphatic carbocycles. The SMILES string of the molecule is O=C(COc1cccnc1)N1CCC(Oc2cccnc2)CC1. The van der Waals surface area contributed by atoms with Crippen molar-refractivity contribution in [3.8, 4) is 11.5 Å². The summed E-state index contributed by atoms with van der Waals surface area (Å²) in [6.45, 7) is 1.40. The minimum Gasteiger partial charge on any atom is -0.489 e. The molecular formula is C17H19N3O3. The number of rotatable bonds is 5. The molecule has 0 N–H and O–H groups in total. The summed E-state index contributed by atoms with van der Waals surface area (Å²) < 4.78 is 11.3. The van der Waals surface area contributed by atoms with Crippen LogP contribution < -0.4 is 9.47 Å². The van der Waals surface area contributed by atoms with Crippen molar-refractivity contribution in [2.24, 2.45) is 0 Å². The predicted molar refractivity (Wildman–Crippen MR) is 84.2 cm³/mol. The molecule has 0 aromatic carbocycles. The van der Waals surface area contributed by atoms with Gasteiger partial charge in [0, 0.05) is 38.3 Å². The molecular weight excluding hydrogens is 294 g/mol. The fourth-order valence-corrected chi connectivity index (χ4v) is 2.50. The average Bonchev–Trinajstić information content (AvgIpc) is 2.62. The first-order chi connectivity index (χ1) is 11.3. The summed E-state index contributed by atoms with van der Waals surface area (Å²) in [5.41, 5.74) is 0. The second kappa shape index (κ2) is 7.58. The summed E-state index contributed by atoms with van der Waals surface area (Å²) in [5, 5.41) is 0. The van der Waals surface area contributed by atoms with Gasteiger partial charge >= 0.3 is 0 Å². The van der Waals surface area contributed by atoms with E-state index in [0.29, 0.717) is 18.8 Å². The number of carbonyl (C=O) groups excluding carboxylic acids is 1. The average molecular weight is 313 g/mol. The van der Waals surface area contributed by atoms with Crippen LogP contribution in [0, 0.1) is 0 Å². The molecule has 3 heterocycles. The fourth-order valence-electron chi connectivity index (χ4n) is 2.50. The van der Waals surface area contributed by atoms with Crippen LogP contribution >= 0.6 is 0 Å². The monoisotopic (exact) mass is 313 g/mol. The van der Waals surface area contributed by atoms with E-state index in [2.05, 4.69) is 9.97 Å². The quantitative estimate of drug-likeness (QED) is 0.844. The third-order valence-electron chi connectivity index (χ3n) is 3.73. The lowest BCUT2D eigenvalue weighted by Crippen LogP contribution is -2.43. The van der Waals surface area contributed by atoms with Gasteiger partial charge in [0.2, 0.25) is 0 Å². The molecule has 0 saturated carbocycles. The van der Waals surface area contributed by atoms with Crippen molar-refractivity contribution in [3.63, 3.8) is 0 Å². The Bertz CT molecular complexity index is 613. The van der Waals surface area contributed by atoms with Crippen LogP contribution in [0.15, 0.2) is 49.1 Å². The molecule has 1 aliphatic heterocycles. The second-order valence-corrected chi connectivity index (χ2v) is 5.36. The van der Waals surface area contributed by atoms with Gasteiger partial charge < -0.3 is 14.4 Å². The highest BCUT2D eigenvalue weighted by Gasteiger charge is 2.24. The van der Waals surface area contributed by atoms with Gasteiger partial charge in [0.15, 0.2) is 6.61 Å². The molecule has 0 unspecified atom stereocenters. The van der Waals surface area contributed by atoms with E-state index in [1.54, 1.807) is 36.9 Å². The zero-order valence-electron chi connectivity index (χ0n) is 12.8. The Kier molecular flexibility index (Phi) is 5.03. The molecule has 1 amide bonds. The van der Waals surface area contributed by atoms with Crippen molar-refractivity contribution in [2.45, 2.75) is 18.9 Å². The van der Waals surface area contributed by atoms with Crippen LogP contribution in [0.25, 0.3) is 0 Å². The van der Waals surface area contributed by atoms with E-state index in [9.17, 15) is 4.79 Å². The van der Waals surface area contributed by atoms with Gasteiger partial charge in [-0.05, 0) is 24.3 Å². The number of aromatic nitrogens is 2. The highest BCUT2D eigenvalue weighted by molar-refractivity contribution is 5.77. The van der Waals surface area contributed by atoms with Crippen LogP contribution in [-0.2, 0) is 4.79 Å². The first-order valence-electron chi connectivity index (χ1n) is 7.68. The number of ether oxygens (including phenoxy) is 2. The van der Waals surface area contributed by atoms with Crippen LogP contribution in [-0.4, -0.2) is 46.6 Å². The number of nitrogens with zero attached hydrogens (tertiary/aromatic N) is 3. The molecule has 1 fully saturated rings. The Morgan fingerprint density at radius 1 is 1.09 bits per heavy atom. The number of pyridine rings is 2. The topological polar surface area (TPSA) is 64.5 Å². The van der Waals surface area contributed by atoms with Gasteiger partial charge in [-0.1, -0.05) is 0 Å². The highest BCUT2D eigenvalue weighted by atomic mass is 16.5. The molecule has 2 aromatic heterocycles. The molecule has 120 valence electrons. The number of likely N-dealkylation sites (tertiary alicyclic amines) is 1. The number of carbonyl (C=O) groups is 1. The summed E-state index contributed by atoms with van der Waals surface area (Å²) in [6.07, 6.45) is 8.45. The standard InChI is InChI=1S/C17H19N3O3/c21-17(13-22-15-3-1-7-18-11-15)20-9-5-14(6-10-20)23-16-4-2-8-19-12-16/h1-4,7-8,11-12,14H,5-6,9-10,13H2. The summed E-state index contributed by atoms with van der Waals surface area (Å²) in [7, 11) is 0. The van der Waals surface area contributed by atoms with Crippen LogP contribution in [0.2, 0.25) is 0 Å². The third-order valence-corrected chi connectivity index (χ3v) is 3.73. The van der Waals surface area contributed by atoms with E-state index in [1.165, 1.54) is 0 Å². The first-order valence-corrected chi connectivity index (χ1v) is 7.68. The highest BCUT2D eigenvalue weighted by Crippen LogP contribution is 2.18. The van der Waals surface area contributed by atoms with Crippen molar-refractivity contribution >= 4 is 5.91 Å². The van der Waals surface area contributed by atoms with Gasteiger partial charge in [-0.25, -0.2) is 0 Å². The smallest absolute Gasteiger partial charge is 0.260 e. The number of piperidine rings is 1. The van der Waals surface area contributed by atoms with E-state index in [0.717, 1.165) is 18.6 Å². The maximum atomic E-state index is 12.2. The van der Waals surface area contributed by atoms with E-state index in [4.69, 9.17) is 9.47 Å². The van der Waals surface area contributed by atoms with Gasteiger partial charge in [-0.3, -0.25) is 14.8 Å². The molecule has 1 aliphatic rings. The lowest BCUT2D eigenvalue weighted by molar-refractivity contribution is -0.135. The van der Waals surface area contributed by atoms with E-state index < -0.39 is 0 Å². The largest absolute Gasteiger partial charge is 0.489 e. The van der Waals surface area contributed by atoms with Crippen molar-refractivity contribution in [1.82, 2.24) is 14.9 Å². The fraction of sp³-hybridized carbons (Fsp3) is 0.353. The Hall–Kier alpha value is -2.63. The summed E-state index contributed by atoms with van der Waals surface area (Å²) >= 11 is 0. The number of hydrogen-bond donors (Lipinski definition) is 0. The Balaban J connectivity index is 1.42. The lowest BCUT2D eigenvalue weighted by atomic mass is 10.1. The summed E-state index contributed by atoms with van der Waals surface area (Å²) in [5.74, 6) is 1.38. The summed E-state index contributed by atoms with van der Waals surface area (Å²) in [4.78, 5) is 22.0. The van der Waals surface area contributed by atoms with Crippen LogP contribution in [0.3, 0.4) is 0 Å². The van der Waals surface area contributed by atoms with Gasteiger partial charge in [-0.15, -0.1) is 0 Å². The lowest BCUT2D eigenvalue weighted by Gasteiger charge is -2.32. The van der Waals surface area contributed by atoms with Gasteiger partial charge in [0.25, 0.3) is 5.91 Å². The normalized spacial score (nSPS) is 15.2. The molecule has 1 saturated heterocycles. The van der Waals surface area contributed by atoms with Crippen LogP contribution in [0.1, 0.15) is 12.8 Å². The van der Waals surface area contributed by atoms with Crippen LogP contribution in [0.4, 0.5) is 0 Å². The van der Waals surface area contributed by atoms with Gasteiger partial charge in [0.05, 0.1) is 12.4 Å². The molecule has 6 nitrogen and oxygen atoms in total. The van der Waals surface area contributed by atoms with Gasteiger partial charge in [0.1, 0.15) is 17.6 Å². The molecule has 0 atom stereocenters.